The molecule has 0 aliphatic heterocycles. The summed E-state index contributed by atoms with van der Waals surface area (Å²) in [5.74, 6) is 0.0342. The lowest BCUT2D eigenvalue weighted by Crippen LogP contribution is -2.20. The van der Waals surface area contributed by atoms with E-state index in [-0.39, 0.29) is 18.0 Å². The van der Waals surface area contributed by atoms with Crippen molar-refractivity contribution in [2.75, 3.05) is 26.7 Å². The predicted molar refractivity (Wildman–Crippen MR) is 203 cm³/mol. The number of carbonyl (C=O) groups excluding carboxylic acids is 2. The summed E-state index contributed by atoms with van der Waals surface area (Å²) in [5, 5.41) is 0. The molecule has 0 spiro atoms. The van der Waals surface area contributed by atoms with Gasteiger partial charge in [-0.05, 0) is 77.9 Å². The molecule has 0 aromatic rings. The molecule has 1 atom stereocenters. The van der Waals surface area contributed by atoms with Crippen molar-refractivity contribution in [3.05, 3.63) is 0 Å². The SMILES string of the molecule is CCCCCCCCC(CCCCCCC)OC(=O)CCCCCCCN(C)CCCCCCCCCCCC(=O)OCCCCC. The summed E-state index contributed by atoms with van der Waals surface area (Å²) in [5.41, 5.74) is 0. The standard InChI is InChI=1S/C42H83NO4/c1-5-8-11-13-21-27-34-40(33-26-20-12-9-6-2)47-42(45)36-29-23-19-25-31-38-43(4)37-30-24-18-16-14-15-17-22-28-35-41(44)46-39-32-10-7-3/h40H,5-39H2,1-4H3. The van der Waals surface area contributed by atoms with Crippen molar-refractivity contribution >= 4 is 11.9 Å². The summed E-state index contributed by atoms with van der Waals surface area (Å²) < 4.78 is 11.3. The average molecular weight is 666 g/mol. The Morgan fingerprint density at radius 3 is 1.28 bits per heavy atom. The zero-order chi connectivity index (χ0) is 34.5. The minimum absolute atomic E-state index is 0.00870. The quantitative estimate of drug-likeness (QED) is 0.0485. The monoisotopic (exact) mass is 666 g/mol. The third-order valence-electron chi connectivity index (χ3n) is 9.66. The average Bonchev–Trinajstić information content (AvgIpc) is 3.06. The molecule has 0 N–H and O–H groups in total. The zero-order valence-corrected chi connectivity index (χ0v) is 32.4. The number of ether oxygens (including phenoxy) is 2. The molecule has 0 heterocycles. The van der Waals surface area contributed by atoms with Gasteiger partial charge >= 0.3 is 11.9 Å². The Labute approximate surface area is 294 Å². The van der Waals surface area contributed by atoms with Crippen molar-refractivity contribution in [1.29, 1.82) is 0 Å². The van der Waals surface area contributed by atoms with Gasteiger partial charge in [0.25, 0.3) is 0 Å². The molecule has 0 aliphatic rings. The number of hydrogen-bond donors (Lipinski definition) is 0. The topological polar surface area (TPSA) is 55.8 Å². The van der Waals surface area contributed by atoms with Crippen LogP contribution in [0.4, 0.5) is 0 Å². The van der Waals surface area contributed by atoms with E-state index in [9.17, 15) is 9.59 Å². The molecular formula is C42H83NO4. The Bertz CT molecular complexity index is 655. The van der Waals surface area contributed by atoms with Gasteiger partial charge in [0, 0.05) is 12.8 Å². The van der Waals surface area contributed by atoms with E-state index in [0.29, 0.717) is 19.4 Å². The first-order chi connectivity index (χ1) is 23.0. The number of carbonyl (C=O) groups is 2. The lowest BCUT2D eigenvalue weighted by Gasteiger charge is -2.18. The Morgan fingerprint density at radius 2 is 0.809 bits per heavy atom. The van der Waals surface area contributed by atoms with Crippen LogP contribution in [-0.2, 0) is 19.1 Å². The summed E-state index contributed by atoms with van der Waals surface area (Å²) in [4.78, 5) is 26.8. The molecule has 280 valence electrons. The van der Waals surface area contributed by atoms with Crippen LogP contribution in [0.5, 0.6) is 0 Å². The van der Waals surface area contributed by atoms with Gasteiger partial charge in [-0.3, -0.25) is 9.59 Å². The summed E-state index contributed by atoms with van der Waals surface area (Å²) in [6.45, 7) is 9.69. The van der Waals surface area contributed by atoms with Crippen molar-refractivity contribution in [2.45, 2.75) is 232 Å². The molecule has 0 aromatic carbocycles. The number of esters is 2. The molecule has 0 saturated carbocycles. The van der Waals surface area contributed by atoms with Crippen LogP contribution in [0.1, 0.15) is 226 Å². The third kappa shape index (κ3) is 36.0. The van der Waals surface area contributed by atoms with E-state index < -0.39 is 0 Å². The molecule has 5 heteroatoms. The van der Waals surface area contributed by atoms with Gasteiger partial charge in [0.15, 0.2) is 0 Å². The summed E-state index contributed by atoms with van der Waals surface area (Å²) in [6, 6.07) is 0. The number of nitrogens with zero attached hydrogens (tertiary/aromatic N) is 1. The molecule has 0 rings (SSSR count). The van der Waals surface area contributed by atoms with E-state index in [0.717, 1.165) is 57.8 Å². The third-order valence-corrected chi connectivity index (χ3v) is 9.66. The highest BCUT2D eigenvalue weighted by Crippen LogP contribution is 2.18. The maximum Gasteiger partial charge on any atom is 0.306 e. The number of hydrogen-bond acceptors (Lipinski definition) is 5. The molecule has 0 bridgehead atoms. The molecule has 0 radical (unpaired) electrons. The Hall–Kier alpha value is -1.10. The van der Waals surface area contributed by atoms with Crippen LogP contribution in [0.15, 0.2) is 0 Å². The van der Waals surface area contributed by atoms with E-state index in [4.69, 9.17) is 9.47 Å². The van der Waals surface area contributed by atoms with Crippen molar-refractivity contribution in [3.8, 4) is 0 Å². The summed E-state index contributed by atoms with van der Waals surface area (Å²) in [6.07, 6.45) is 38.1. The van der Waals surface area contributed by atoms with Crippen LogP contribution in [0.25, 0.3) is 0 Å². The molecular weight excluding hydrogens is 582 g/mol. The smallest absolute Gasteiger partial charge is 0.306 e. The van der Waals surface area contributed by atoms with Gasteiger partial charge in [0.05, 0.1) is 6.61 Å². The fourth-order valence-corrected chi connectivity index (χ4v) is 6.43. The fourth-order valence-electron chi connectivity index (χ4n) is 6.43. The van der Waals surface area contributed by atoms with E-state index in [1.54, 1.807) is 0 Å². The second-order valence-electron chi connectivity index (χ2n) is 14.6. The molecule has 0 aromatic heterocycles. The van der Waals surface area contributed by atoms with Crippen LogP contribution in [0.2, 0.25) is 0 Å². The van der Waals surface area contributed by atoms with Crippen molar-refractivity contribution in [3.63, 3.8) is 0 Å². The largest absolute Gasteiger partial charge is 0.466 e. The molecule has 5 nitrogen and oxygen atoms in total. The highest BCUT2D eigenvalue weighted by atomic mass is 16.5. The second-order valence-corrected chi connectivity index (χ2v) is 14.6. The lowest BCUT2D eigenvalue weighted by atomic mass is 10.0. The molecule has 47 heavy (non-hydrogen) atoms. The van der Waals surface area contributed by atoms with E-state index in [1.807, 2.05) is 0 Å². The van der Waals surface area contributed by atoms with Crippen LogP contribution in [0.3, 0.4) is 0 Å². The second kappa shape index (κ2) is 37.7. The lowest BCUT2D eigenvalue weighted by molar-refractivity contribution is -0.150. The summed E-state index contributed by atoms with van der Waals surface area (Å²) >= 11 is 0. The zero-order valence-electron chi connectivity index (χ0n) is 32.4. The van der Waals surface area contributed by atoms with Crippen molar-refractivity contribution in [2.24, 2.45) is 0 Å². The predicted octanol–water partition coefficient (Wildman–Crippen LogP) is 12.9. The van der Waals surface area contributed by atoms with Crippen LogP contribution >= 0.6 is 0 Å². The van der Waals surface area contributed by atoms with E-state index in [1.165, 1.54) is 148 Å². The van der Waals surface area contributed by atoms with Gasteiger partial charge in [0.2, 0.25) is 0 Å². The highest BCUT2D eigenvalue weighted by molar-refractivity contribution is 5.69. The molecule has 1 unspecified atom stereocenters. The van der Waals surface area contributed by atoms with Crippen LogP contribution in [-0.4, -0.2) is 49.7 Å². The Kier molecular flexibility index (Phi) is 36.8. The van der Waals surface area contributed by atoms with E-state index in [2.05, 4.69) is 32.7 Å². The van der Waals surface area contributed by atoms with Gasteiger partial charge in [-0.15, -0.1) is 0 Å². The van der Waals surface area contributed by atoms with Crippen molar-refractivity contribution < 1.29 is 19.1 Å². The molecule has 0 saturated heterocycles. The first-order valence-corrected chi connectivity index (χ1v) is 21.1. The van der Waals surface area contributed by atoms with Crippen LogP contribution < -0.4 is 0 Å². The van der Waals surface area contributed by atoms with Gasteiger partial charge in [0.1, 0.15) is 6.10 Å². The maximum absolute atomic E-state index is 12.6. The first-order valence-electron chi connectivity index (χ1n) is 21.1. The Morgan fingerprint density at radius 1 is 0.447 bits per heavy atom. The van der Waals surface area contributed by atoms with E-state index >= 15 is 0 Å². The van der Waals surface area contributed by atoms with Gasteiger partial charge < -0.3 is 14.4 Å². The maximum atomic E-state index is 12.6. The summed E-state index contributed by atoms with van der Waals surface area (Å²) in [7, 11) is 2.27. The fraction of sp³-hybridized carbons (Fsp3) is 0.952. The van der Waals surface area contributed by atoms with Gasteiger partial charge in [-0.25, -0.2) is 0 Å². The minimum atomic E-state index is -0.00870. The van der Waals surface area contributed by atoms with Gasteiger partial charge in [-0.2, -0.15) is 0 Å². The van der Waals surface area contributed by atoms with Gasteiger partial charge in [-0.1, -0.05) is 156 Å². The van der Waals surface area contributed by atoms with Crippen molar-refractivity contribution in [1.82, 2.24) is 4.90 Å². The molecule has 0 amide bonds. The normalized spacial score (nSPS) is 12.1. The first kappa shape index (κ1) is 45.9. The Balaban J connectivity index is 3.68. The minimum Gasteiger partial charge on any atom is -0.466 e. The number of rotatable bonds is 38. The molecule has 0 fully saturated rings. The van der Waals surface area contributed by atoms with Crippen LogP contribution in [0, 0.1) is 0 Å². The number of unbranched alkanes of at least 4 members (excludes halogenated alkanes) is 23. The highest BCUT2D eigenvalue weighted by Gasteiger charge is 2.14. The molecule has 0 aliphatic carbocycles.